The predicted molar refractivity (Wildman–Crippen MR) is 66.4 cm³/mol. The third-order valence-corrected chi connectivity index (χ3v) is 2.52. The Morgan fingerprint density at radius 3 is 2.78 bits per heavy atom. The van der Waals surface area contributed by atoms with Gasteiger partial charge in [-0.1, -0.05) is 6.92 Å². The smallest absolute Gasteiger partial charge is 0.275 e. The van der Waals surface area contributed by atoms with Crippen molar-refractivity contribution in [1.82, 2.24) is 5.32 Å². The molecule has 100 valence electrons. The van der Waals surface area contributed by atoms with E-state index in [1.807, 2.05) is 14.0 Å². The number of hydrogen-bond acceptors (Lipinski definition) is 4. The molecule has 5 nitrogen and oxygen atoms in total. The molecule has 0 heterocycles. The van der Waals surface area contributed by atoms with Gasteiger partial charge in [0.2, 0.25) is 0 Å². The van der Waals surface area contributed by atoms with Gasteiger partial charge in [-0.15, -0.1) is 0 Å². The average molecular weight is 256 g/mol. The number of ether oxygens (including phenoxy) is 1. The molecule has 0 amide bonds. The van der Waals surface area contributed by atoms with Crippen molar-refractivity contribution in [2.45, 2.75) is 13.8 Å². The van der Waals surface area contributed by atoms with Gasteiger partial charge in [-0.05, 0) is 20.0 Å². The van der Waals surface area contributed by atoms with Crippen molar-refractivity contribution in [2.75, 3.05) is 20.2 Å². The molecule has 0 aromatic heterocycles. The van der Waals surface area contributed by atoms with Gasteiger partial charge in [-0.2, -0.15) is 0 Å². The summed E-state index contributed by atoms with van der Waals surface area (Å²) in [6, 6.07) is 2.26. The van der Waals surface area contributed by atoms with Crippen LogP contribution in [0, 0.1) is 28.8 Å². The molecule has 0 fully saturated rings. The van der Waals surface area contributed by atoms with E-state index in [1.54, 1.807) is 6.92 Å². The summed E-state index contributed by atoms with van der Waals surface area (Å²) in [4.78, 5) is 10.0. The minimum Gasteiger partial charge on any atom is -0.490 e. The van der Waals surface area contributed by atoms with Crippen LogP contribution in [0.25, 0.3) is 0 Å². The standard InChI is InChI=1S/C12H17FN2O3/c1-8(6-14-3)7-18-12-4-9(2)11(15(16)17)5-10(12)13/h4-5,8,14H,6-7H2,1-3H3. The number of rotatable bonds is 6. The number of nitro groups is 1. The van der Waals surface area contributed by atoms with Crippen molar-refractivity contribution < 1.29 is 14.1 Å². The third-order valence-electron chi connectivity index (χ3n) is 2.52. The van der Waals surface area contributed by atoms with Gasteiger partial charge >= 0.3 is 0 Å². The summed E-state index contributed by atoms with van der Waals surface area (Å²) in [5.41, 5.74) is 0.154. The molecule has 0 saturated heterocycles. The zero-order valence-electron chi connectivity index (χ0n) is 10.7. The van der Waals surface area contributed by atoms with Crippen molar-refractivity contribution in [1.29, 1.82) is 0 Å². The van der Waals surface area contributed by atoms with Crippen LogP contribution >= 0.6 is 0 Å². The van der Waals surface area contributed by atoms with E-state index in [9.17, 15) is 14.5 Å². The molecule has 0 aliphatic carbocycles. The summed E-state index contributed by atoms with van der Waals surface area (Å²) in [6.07, 6.45) is 0. The van der Waals surface area contributed by atoms with Crippen LogP contribution in [0.3, 0.4) is 0 Å². The Morgan fingerprint density at radius 2 is 2.22 bits per heavy atom. The topological polar surface area (TPSA) is 64.4 Å². The summed E-state index contributed by atoms with van der Waals surface area (Å²) in [5, 5.41) is 13.6. The lowest BCUT2D eigenvalue weighted by molar-refractivity contribution is -0.385. The van der Waals surface area contributed by atoms with E-state index in [1.165, 1.54) is 6.07 Å². The Morgan fingerprint density at radius 1 is 1.56 bits per heavy atom. The fourth-order valence-electron chi connectivity index (χ4n) is 1.59. The lowest BCUT2D eigenvalue weighted by Gasteiger charge is -2.13. The molecule has 0 aliphatic heterocycles. The van der Waals surface area contributed by atoms with Crippen molar-refractivity contribution in [3.05, 3.63) is 33.6 Å². The monoisotopic (exact) mass is 256 g/mol. The molecule has 1 atom stereocenters. The van der Waals surface area contributed by atoms with Crippen LogP contribution in [0.15, 0.2) is 12.1 Å². The van der Waals surface area contributed by atoms with Gasteiger partial charge < -0.3 is 10.1 Å². The van der Waals surface area contributed by atoms with E-state index in [0.29, 0.717) is 12.2 Å². The number of benzene rings is 1. The van der Waals surface area contributed by atoms with E-state index in [0.717, 1.165) is 12.6 Å². The van der Waals surface area contributed by atoms with E-state index in [2.05, 4.69) is 5.32 Å². The van der Waals surface area contributed by atoms with Gasteiger partial charge in [-0.3, -0.25) is 10.1 Å². The molecular weight excluding hydrogens is 239 g/mol. The molecule has 1 unspecified atom stereocenters. The molecular formula is C12H17FN2O3. The first kappa shape index (κ1) is 14.4. The SMILES string of the molecule is CNCC(C)COc1cc(C)c([N+](=O)[O-])cc1F. The maximum atomic E-state index is 13.6. The molecule has 0 radical (unpaired) electrons. The Hall–Kier alpha value is -1.69. The maximum Gasteiger partial charge on any atom is 0.275 e. The fraction of sp³-hybridized carbons (Fsp3) is 0.500. The van der Waals surface area contributed by atoms with Gasteiger partial charge in [0.15, 0.2) is 11.6 Å². The van der Waals surface area contributed by atoms with Crippen LogP contribution in [-0.4, -0.2) is 25.1 Å². The highest BCUT2D eigenvalue weighted by Gasteiger charge is 2.16. The van der Waals surface area contributed by atoms with E-state index in [-0.39, 0.29) is 17.4 Å². The zero-order chi connectivity index (χ0) is 13.7. The average Bonchev–Trinajstić information content (AvgIpc) is 2.29. The Labute approximate surface area is 105 Å². The number of nitrogens with one attached hydrogen (secondary N) is 1. The molecule has 0 saturated carbocycles. The Balaban J connectivity index is 2.79. The summed E-state index contributed by atoms with van der Waals surface area (Å²) in [5.74, 6) is -0.421. The Kier molecular flexibility index (Phi) is 5.03. The van der Waals surface area contributed by atoms with Crippen LogP contribution in [0.2, 0.25) is 0 Å². The molecule has 1 aromatic rings. The number of nitro benzene ring substituents is 1. The summed E-state index contributed by atoms with van der Waals surface area (Å²) in [7, 11) is 1.83. The first-order valence-corrected chi connectivity index (χ1v) is 5.67. The second-order valence-corrected chi connectivity index (χ2v) is 4.30. The molecule has 0 aliphatic rings. The van der Waals surface area contributed by atoms with E-state index < -0.39 is 10.7 Å². The molecule has 1 aromatic carbocycles. The normalized spacial score (nSPS) is 12.2. The minimum atomic E-state index is -0.705. The minimum absolute atomic E-state index is 0.0565. The van der Waals surface area contributed by atoms with Crippen molar-refractivity contribution in [3.8, 4) is 5.75 Å². The Bertz CT molecular complexity index is 438. The highest BCUT2D eigenvalue weighted by atomic mass is 19.1. The number of halogens is 1. The van der Waals surface area contributed by atoms with Crippen LogP contribution < -0.4 is 10.1 Å². The second-order valence-electron chi connectivity index (χ2n) is 4.30. The molecule has 1 rings (SSSR count). The third kappa shape index (κ3) is 3.66. The van der Waals surface area contributed by atoms with Crippen molar-refractivity contribution >= 4 is 5.69 Å². The molecule has 6 heteroatoms. The highest BCUT2D eigenvalue weighted by Crippen LogP contribution is 2.27. The molecule has 1 N–H and O–H groups in total. The number of aryl methyl sites for hydroxylation is 1. The van der Waals surface area contributed by atoms with E-state index >= 15 is 0 Å². The predicted octanol–water partition coefficient (Wildman–Crippen LogP) is 2.28. The first-order valence-electron chi connectivity index (χ1n) is 5.67. The largest absolute Gasteiger partial charge is 0.490 e. The zero-order valence-corrected chi connectivity index (χ0v) is 10.7. The summed E-state index contributed by atoms with van der Waals surface area (Å²) in [6.45, 7) is 4.64. The second kappa shape index (κ2) is 6.30. The summed E-state index contributed by atoms with van der Waals surface area (Å²) >= 11 is 0. The highest BCUT2D eigenvalue weighted by molar-refractivity contribution is 5.45. The fourth-order valence-corrected chi connectivity index (χ4v) is 1.59. The van der Waals surface area contributed by atoms with Crippen LogP contribution in [0.4, 0.5) is 10.1 Å². The number of hydrogen-bond donors (Lipinski definition) is 1. The first-order chi connectivity index (χ1) is 8.45. The van der Waals surface area contributed by atoms with Gasteiger partial charge in [0.1, 0.15) is 0 Å². The number of nitrogens with zero attached hydrogens (tertiary/aromatic N) is 1. The molecule has 18 heavy (non-hydrogen) atoms. The summed E-state index contributed by atoms with van der Waals surface area (Å²) < 4.78 is 18.9. The van der Waals surface area contributed by atoms with Crippen molar-refractivity contribution in [2.24, 2.45) is 5.92 Å². The quantitative estimate of drug-likeness (QED) is 0.626. The van der Waals surface area contributed by atoms with Gasteiger partial charge in [0.25, 0.3) is 5.69 Å². The maximum absolute atomic E-state index is 13.6. The van der Waals surface area contributed by atoms with Crippen LogP contribution in [0.1, 0.15) is 12.5 Å². The molecule has 0 bridgehead atoms. The van der Waals surface area contributed by atoms with Gasteiger partial charge in [0.05, 0.1) is 17.6 Å². The van der Waals surface area contributed by atoms with Gasteiger partial charge in [0, 0.05) is 18.0 Å². The lowest BCUT2D eigenvalue weighted by Crippen LogP contribution is -2.21. The molecule has 0 spiro atoms. The van der Waals surface area contributed by atoms with Crippen LogP contribution in [-0.2, 0) is 0 Å². The van der Waals surface area contributed by atoms with Crippen LogP contribution in [0.5, 0.6) is 5.75 Å². The lowest BCUT2D eigenvalue weighted by atomic mass is 10.2. The van der Waals surface area contributed by atoms with Crippen molar-refractivity contribution in [3.63, 3.8) is 0 Å². The van der Waals surface area contributed by atoms with E-state index in [4.69, 9.17) is 4.74 Å². The van der Waals surface area contributed by atoms with Gasteiger partial charge in [-0.25, -0.2) is 4.39 Å².